The maximum absolute atomic E-state index is 12.2. The van der Waals surface area contributed by atoms with Crippen LogP contribution in [-0.4, -0.2) is 64.8 Å². The molecule has 1 aromatic carbocycles. The van der Waals surface area contributed by atoms with Crippen LogP contribution >= 0.6 is 12.4 Å². The summed E-state index contributed by atoms with van der Waals surface area (Å²) in [5.74, 6) is -0.251. The third kappa shape index (κ3) is 5.01. The zero-order valence-electron chi connectivity index (χ0n) is 14.1. The minimum absolute atomic E-state index is 0. The first-order chi connectivity index (χ1) is 12.1. The van der Waals surface area contributed by atoms with Gasteiger partial charge in [0, 0.05) is 57.6 Å². The zero-order valence-corrected chi connectivity index (χ0v) is 14.9. The van der Waals surface area contributed by atoms with Crippen molar-refractivity contribution in [3.8, 4) is 5.69 Å². The number of benzene rings is 1. The van der Waals surface area contributed by atoms with Crippen LogP contribution < -0.4 is 10.6 Å². The van der Waals surface area contributed by atoms with E-state index in [4.69, 9.17) is 0 Å². The van der Waals surface area contributed by atoms with Crippen LogP contribution in [-0.2, 0) is 0 Å². The molecule has 1 saturated heterocycles. The summed E-state index contributed by atoms with van der Waals surface area (Å²) in [5.41, 5.74) is 0.802. The number of non-ortho nitro benzene ring substituents is 1. The van der Waals surface area contributed by atoms with Crippen molar-refractivity contribution >= 4 is 24.0 Å². The number of carbonyl (C=O) groups excluding carboxylic acids is 1. The maximum Gasteiger partial charge on any atom is 0.271 e. The first-order valence-electron chi connectivity index (χ1n) is 8.15. The Hall–Kier alpha value is -2.49. The Balaban J connectivity index is 0.00000243. The minimum atomic E-state index is -0.462. The predicted octanol–water partition coefficient (Wildman–Crippen LogP) is 0.837. The molecule has 1 aliphatic rings. The van der Waals surface area contributed by atoms with Crippen LogP contribution in [0.5, 0.6) is 0 Å². The fraction of sp³-hybridized carbons (Fsp3) is 0.375. The summed E-state index contributed by atoms with van der Waals surface area (Å²) >= 11 is 0. The molecule has 0 spiro atoms. The van der Waals surface area contributed by atoms with Gasteiger partial charge in [0.15, 0.2) is 5.69 Å². The topological polar surface area (TPSA) is 105 Å². The summed E-state index contributed by atoms with van der Waals surface area (Å²) in [6.45, 7) is 5.28. The van der Waals surface area contributed by atoms with Crippen LogP contribution in [0.2, 0.25) is 0 Å². The van der Waals surface area contributed by atoms with Crippen molar-refractivity contribution in [2.24, 2.45) is 0 Å². The molecule has 2 N–H and O–H groups in total. The normalized spacial score (nSPS) is 14.5. The number of carbonyl (C=O) groups is 1. The van der Waals surface area contributed by atoms with E-state index in [0.717, 1.165) is 32.7 Å². The first kappa shape index (κ1) is 19.8. The highest BCUT2D eigenvalue weighted by molar-refractivity contribution is 5.92. The molecule has 0 unspecified atom stereocenters. The van der Waals surface area contributed by atoms with E-state index in [1.54, 1.807) is 24.4 Å². The van der Waals surface area contributed by atoms with E-state index in [2.05, 4.69) is 20.6 Å². The largest absolute Gasteiger partial charge is 0.349 e. The number of aromatic nitrogens is 2. The number of nitro groups is 1. The van der Waals surface area contributed by atoms with Gasteiger partial charge >= 0.3 is 0 Å². The van der Waals surface area contributed by atoms with Gasteiger partial charge in [0.1, 0.15) is 0 Å². The number of nitrogens with zero attached hydrogens (tertiary/aromatic N) is 4. The molecule has 0 aliphatic carbocycles. The number of hydrogen-bond donors (Lipinski definition) is 2. The van der Waals surface area contributed by atoms with Crippen molar-refractivity contribution in [2.45, 2.75) is 0 Å². The second kappa shape index (κ2) is 9.27. The first-order valence-corrected chi connectivity index (χ1v) is 8.15. The van der Waals surface area contributed by atoms with Gasteiger partial charge in [-0.15, -0.1) is 12.4 Å². The van der Waals surface area contributed by atoms with Crippen molar-refractivity contribution in [1.29, 1.82) is 0 Å². The number of nitrogens with one attached hydrogen (secondary N) is 2. The minimum Gasteiger partial charge on any atom is -0.349 e. The van der Waals surface area contributed by atoms with Crippen LogP contribution in [0.3, 0.4) is 0 Å². The highest BCUT2D eigenvalue weighted by atomic mass is 35.5. The summed E-state index contributed by atoms with van der Waals surface area (Å²) in [6, 6.07) is 7.71. The van der Waals surface area contributed by atoms with Crippen LogP contribution in [0.15, 0.2) is 36.5 Å². The highest BCUT2D eigenvalue weighted by Gasteiger charge is 2.13. The summed E-state index contributed by atoms with van der Waals surface area (Å²) in [6.07, 6.45) is 1.62. The molecule has 3 rings (SSSR count). The molecule has 9 nitrogen and oxygen atoms in total. The Kier molecular flexibility index (Phi) is 7.07. The van der Waals surface area contributed by atoms with E-state index in [-0.39, 0.29) is 29.7 Å². The van der Waals surface area contributed by atoms with E-state index < -0.39 is 4.92 Å². The van der Waals surface area contributed by atoms with Gasteiger partial charge in [0.05, 0.1) is 10.6 Å². The molecule has 26 heavy (non-hydrogen) atoms. The Morgan fingerprint density at radius 2 is 2.08 bits per heavy atom. The average Bonchev–Trinajstić information content (AvgIpc) is 3.13. The second-order valence-electron chi connectivity index (χ2n) is 5.77. The van der Waals surface area contributed by atoms with Gasteiger partial charge in [-0.3, -0.25) is 19.8 Å². The van der Waals surface area contributed by atoms with Crippen molar-refractivity contribution in [3.63, 3.8) is 0 Å². The SMILES string of the molecule is Cl.O=C(NCCN1CCNCC1)c1ccn(-c2cccc([N+](=O)[O-])c2)n1. The van der Waals surface area contributed by atoms with Gasteiger partial charge in [-0.2, -0.15) is 5.10 Å². The molecule has 1 aliphatic heterocycles. The summed E-state index contributed by atoms with van der Waals surface area (Å²) < 4.78 is 1.46. The second-order valence-corrected chi connectivity index (χ2v) is 5.77. The van der Waals surface area contributed by atoms with E-state index >= 15 is 0 Å². The monoisotopic (exact) mass is 380 g/mol. The van der Waals surface area contributed by atoms with Crippen LogP contribution in [0.25, 0.3) is 5.69 Å². The standard InChI is InChI=1S/C16H20N6O3.ClH/c23-16(18-7-11-20-9-5-17-6-10-20)15-4-8-21(19-15)13-2-1-3-14(12-13)22(24)25;/h1-4,8,12,17H,5-7,9-11H2,(H,18,23);1H. The lowest BCUT2D eigenvalue weighted by molar-refractivity contribution is -0.384. The number of amides is 1. The summed E-state index contributed by atoms with van der Waals surface area (Å²) in [7, 11) is 0. The smallest absolute Gasteiger partial charge is 0.271 e. The molecular weight excluding hydrogens is 360 g/mol. The quantitative estimate of drug-likeness (QED) is 0.568. The van der Waals surface area contributed by atoms with Gasteiger partial charge in [0.25, 0.3) is 11.6 Å². The zero-order chi connectivity index (χ0) is 17.6. The number of nitro benzene ring substituents is 1. The Bertz CT molecular complexity index is 760. The van der Waals surface area contributed by atoms with Crippen molar-refractivity contribution < 1.29 is 9.72 Å². The highest BCUT2D eigenvalue weighted by Crippen LogP contribution is 2.16. The Morgan fingerprint density at radius 3 is 2.81 bits per heavy atom. The average molecular weight is 381 g/mol. The molecule has 1 amide bonds. The van der Waals surface area contributed by atoms with Crippen LogP contribution in [0.1, 0.15) is 10.5 Å². The molecule has 1 aromatic heterocycles. The van der Waals surface area contributed by atoms with Gasteiger partial charge in [-0.05, 0) is 12.1 Å². The molecule has 1 fully saturated rings. The van der Waals surface area contributed by atoms with Crippen LogP contribution in [0, 0.1) is 10.1 Å². The van der Waals surface area contributed by atoms with Gasteiger partial charge in [-0.25, -0.2) is 4.68 Å². The fourth-order valence-electron chi connectivity index (χ4n) is 2.69. The summed E-state index contributed by atoms with van der Waals surface area (Å²) in [5, 5.41) is 21.2. The van der Waals surface area contributed by atoms with Gasteiger partial charge in [-0.1, -0.05) is 6.07 Å². The number of rotatable bonds is 6. The molecule has 0 atom stereocenters. The van der Waals surface area contributed by atoms with Gasteiger partial charge < -0.3 is 10.6 Å². The molecule has 0 radical (unpaired) electrons. The van der Waals surface area contributed by atoms with Crippen LogP contribution in [0.4, 0.5) is 5.69 Å². The Labute approximate surface area is 156 Å². The van der Waals surface area contributed by atoms with Crippen molar-refractivity contribution in [2.75, 3.05) is 39.3 Å². The third-order valence-electron chi connectivity index (χ3n) is 4.05. The third-order valence-corrected chi connectivity index (χ3v) is 4.05. The van der Waals surface area contributed by atoms with Crippen molar-refractivity contribution in [3.05, 3.63) is 52.3 Å². The predicted molar refractivity (Wildman–Crippen MR) is 99.1 cm³/mol. The molecule has 140 valence electrons. The maximum atomic E-state index is 12.2. The molecular formula is C16H21ClN6O3. The lowest BCUT2D eigenvalue weighted by atomic mass is 10.3. The number of hydrogen-bond acceptors (Lipinski definition) is 6. The molecule has 10 heteroatoms. The molecule has 2 aromatic rings. The summed E-state index contributed by atoms with van der Waals surface area (Å²) in [4.78, 5) is 24.9. The lowest BCUT2D eigenvalue weighted by Gasteiger charge is -2.26. The Morgan fingerprint density at radius 1 is 1.31 bits per heavy atom. The van der Waals surface area contributed by atoms with E-state index in [1.807, 2.05) is 0 Å². The van der Waals surface area contributed by atoms with E-state index in [0.29, 0.717) is 12.2 Å². The van der Waals surface area contributed by atoms with Crippen molar-refractivity contribution in [1.82, 2.24) is 25.3 Å². The molecule has 0 saturated carbocycles. The molecule has 2 heterocycles. The lowest BCUT2D eigenvalue weighted by Crippen LogP contribution is -2.46. The van der Waals surface area contributed by atoms with Gasteiger partial charge in [0.2, 0.25) is 0 Å². The fourth-order valence-corrected chi connectivity index (χ4v) is 2.69. The van der Waals surface area contributed by atoms with E-state index in [9.17, 15) is 14.9 Å². The van der Waals surface area contributed by atoms with E-state index in [1.165, 1.54) is 16.8 Å². The number of halogens is 1. The molecule has 0 bridgehead atoms. The number of piperazine rings is 1.